The third kappa shape index (κ3) is 315. The van der Waals surface area contributed by atoms with E-state index in [2.05, 4.69) is 5.73 Å². The number of nitrogens with zero attached hydrogens (tertiary/aromatic N) is 1. The summed E-state index contributed by atoms with van der Waals surface area (Å²) in [6.07, 6.45) is 1.25. The normalized spacial score (nSPS) is 1.75. The van der Waals surface area contributed by atoms with Crippen LogP contribution in [0, 0.1) is 11.5 Å². The van der Waals surface area contributed by atoms with Gasteiger partial charge in [-0.05, 0) is 0 Å². The Morgan fingerprint density at radius 3 is 1.75 bits per heavy atom. The van der Waals surface area contributed by atoms with E-state index in [1.165, 1.54) is 6.19 Å². The van der Waals surface area contributed by atoms with E-state index in [0.29, 0.717) is 0 Å². The summed E-state index contributed by atoms with van der Waals surface area (Å²) in [6, 6.07) is 0. The monoisotopic (exact) mass is 164 g/mol. The third-order valence-corrected chi connectivity index (χ3v) is 0. The average Bonchev–Trinajstić information content (AvgIpc) is 0.918. The predicted molar refractivity (Wildman–Crippen MR) is 18.3 cm³/mol. The zero-order valence-electron chi connectivity index (χ0n) is 2.23. The minimum absolute atomic E-state index is 0. The molecule has 0 saturated heterocycles. The number of hydrogen-bond donors (Lipinski definition) is 1. The van der Waals surface area contributed by atoms with Crippen LogP contribution >= 0.6 is 0 Å². The summed E-state index contributed by atoms with van der Waals surface area (Å²) in [5.74, 6) is 0. The van der Waals surface area contributed by atoms with Gasteiger partial charge in [0.15, 0.2) is 6.19 Å². The van der Waals surface area contributed by atoms with Crippen molar-refractivity contribution in [2.75, 3.05) is 0 Å². The van der Waals surface area contributed by atoms with Crippen molar-refractivity contribution >= 4 is 23.9 Å². The summed E-state index contributed by atoms with van der Waals surface area (Å²) in [6.45, 7) is 0. The van der Waals surface area contributed by atoms with Crippen molar-refractivity contribution in [3.63, 3.8) is 0 Å². The van der Waals surface area contributed by atoms with Gasteiger partial charge in [0.2, 0.25) is 0 Å². The van der Waals surface area contributed by atoms with E-state index >= 15 is 0 Å². The molecule has 2 radical (unpaired) electrons. The predicted octanol–water partition coefficient (Wildman–Crippen LogP) is -1.49. The van der Waals surface area contributed by atoms with Crippen LogP contribution in [0.15, 0.2) is 0 Å². The van der Waals surface area contributed by atoms with Crippen molar-refractivity contribution in [3.05, 3.63) is 0 Å². The summed E-state index contributed by atoms with van der Waals surface area (Å²) in [7, 11) is 0. The topological polar surface area (TPSA) is 49.8 Å². The third-order valence-electron chi connectivity index (χ3n) is 0. The Hall–Kier alpha value is 0.0887. The van der Waals surface area contributed by atoms with Crippen molar-refractivity contribution in [1.29, 1.82) is 5.26 Å². The molecule has 0 heterocycles. The molecule has 0 aromatic heterocycles. The van der Waals surface area contributed by atoms with Crippen molar-refractivity contribution in [1.82, 2.24) is 0 Å². The van der Waals surface area contributed by atoms with Gasteiger partial charge in [-0.1, -0.05) is 0 Å². The van der Waals surface area contributed by atoms with Gasteiger partial charge in [-0.25, -0.2) is 0 Å². The van der Waals surface area contributed by atoms with Crippen molar-refractivity contribution in [3.8, 4) is 6.19 Å². The van der Waals surface area contributed by atoms with Crippen LogP contribution in [-0.4, -0.2) is 23.9 Å². The molecule has 22 valence electrons. The number of nitriles is 1. The molecule has 0 bridgehead atoms. The number of rotatable bonds is 0. The van der Waals surface area contributed by atoms with E-state index in [9.17, 15) is 0 Å². The molecule has 0 aromatic carbocycles. The van der Waals surface area contributed by atoms with Crippen LogP contribution < -0.4 is 5.73 Å². The van der Waals surface area contributed by atoms with Crippen molar-refractivity contribution < 1.29 is 0 Å². The zero-order valence-corrected chi connectivity index (χ0v) is 6.27. The van der Waals surface area contributed by atoms with Crippen LogP contribution in [0.25, 0.3) is 0 Å². The molecule has 0 aliphatic heterocycles. The van der Waals surface area contributed by atoms with E-state index in [1.54, 1.807) is 0 Å². The average molecular weight is 163 g/mol. The summed E-state index contributed by atoms with van der Waals surface area (Å²) >= 11 is 0. The Labute approximate surface area is 41.6 Å². The number of hydrogen-bond acceptors (Lipinski definition) is 2. The molecule has 2 nitrogen and oxygen atoms in total. The van der Waals surface area contributed by atoms with Gasteiger partial charge in [-0.15, -0.1) is 0 Å². The fraction of sp³-hybridized carbons (Fsp3) is 0. The molecule has 0 amide bonds. The van der Waals surface area contributed by atoms with Crippen LogP contribution in [0.3, 0.4) is 0 Å². The Morgan fingerprint density at radius 2 is 1.75 bits per heavy atom. The van der Waals surface area contributed by atoms with Gasteiger partial charge in [0, 0.05) is 0 Å². The van der Waals surface area contributed by atoms with Gasteiger partial charge in [0.25, 0.3) is 0 Å². The second-order valence-electron chi connectivity index (χ2n) is 0.129. The van der Waals surface area contributed by atoms with Crippen molar-refractivity contribution in [2.45, 2.75) is 0 Å². The first kappa shape index (κ1) is 8.94. The maximum atomic E-state index is 7.10. The minimum atomic E-state index is 0. The molecule has 0 aliphatic carbocycles. The summed E-state index contributed by atoms with van der Waals surface area (Å²) in [5, 5.41) is 7.10. The van der Waals surface area contributed by atoms with Crippen LogP contribution in [0.4, 0.5) is 0 Å². The van der Waals surface area contributed by atoms with Gasteiger partial charge in [0.05, 0.1) is 0 Å². The molecule has 4 heavy (non-hydrogen) atoms. The molecule has 0 unspecified atom stereocenters. The van der Waals surface area contributed by atoms with E-state index in [-0.39, 0.29) is 23.9 Å². The van der Waals surface area contributed by atoms with E-state index in [0.717, 1.165) is 0 Å². The van der Waals surface area contributed by atoms with Crippen LogP contribution in [0.2, 0.25) is 0 Å². The Kier molecular flexibility index (Phi) is 25.4. The molecule has 0 aromatic rings. The second kappa shape index (κ2) is 11.4. The van der Waals surface area contributed by atoms with Gasteiger partial charge in [-0.2, -0.15) is 5.26 Å². The molecule has 0 atom stereocenters. The molecule has 0 spiro atoms. The molecular weight excluding hydrogens is 159 g/mol. The molecular formula is CH4N2Sn. The fourth-order valence-corrected chi connectivity index (χ4v) is 0. The summed E-state index contributed by atoms with van der Waals surface area (Å²) < 4.78 is 0. The van der Waals surface area contributed by atoms with Crippen LogP contribution in [-0.2, 0) is 0 Å². The fourth-order valence-electron chi connectivity index (χ4n) is 0. The quantitative estimate of drug-likeness (QED) is 0.268. The van der Waals surface area contributed by atoms with E-state index < -0.39 is 0 Å². The molecule has 0 saturated carbocycles. The second-order valence-corrected chi connectivity index (χ2v) is 0.129. The van der Waals surface area contributed by atoms with Crippen LogP contribution in [0.1, 0.15) is 0 Å². The van der Waals surface area contributed by atoms with Gasteiger partial charge < -0.3 is 5.73 Å². The first-order chi connectivity index (χ1) is 1.41. The first-order valence-electron chi connectivity index (χ1n) is 0.512. The van der Waals surface area contributed by atoms with Crippen molar-refractivity contribution in [2.24, 2.45) is 5.73 Å². The number of nitrogens with two attached hydrogens (primary N) is 1. The maximum absolute atomic E-state index is 7.10. The van der Waals surface area contributed by atoms with E-state index in [1.807, 2.05) is 0 Å². The van der Waals surface area contributed by atoms with E-state index in [4.69, 9.17) is 5.26 Å². The molecule has 0 aliphatic rings. The molecule has 0 fully saturated rings. The molecule has 2 N–H and O–H groups in total. The molecule has 3 heteroatoms. The Bertz CT molecular complexity index is 27.5. The van der Waals surface area contributed by atoms with Crippen LogP contribution in [0.5, 0.6) is 0 Å². The standard InChI is InChI=1S/CH2N2.Sn.2H/c2-1-3;;;/h2H2;;;. The summed E-state index contributed by atoms with van der Waals surface area (Å²) in [5.41, 5.74) is 4.15. The first-order valence-corrected chi connectivity index (χ1v) is 0.512. The van der Waals surface area contributed by atoms with Gasteiger partial charge in [0.1, 0.15) is 0 Å². The Morgan fingerprint density at radius 1 is 1.75 bits per heavy atom. The molecule has 0 rings (SSSR count). The summed E-state index contributed by atoms with van der Waals surface area (Å²) in [4.78, 5) is 0. The Balaban J connectivity index is 0. The SMILES string of the molecule is N#CN.[SnH2]. The van der Waals surface area contributed by atoms with Gasteiger partial charge >= 0.3 is 23.9 Å². The van der Waals surface area contributed by atoms with Gasteiger partial charge in [-0.3, -0.25) is 0 Å². The zero-order chi connectivity index (χ0) is 2.71.